The lowest BCUT2D eigenvalue weighted by molar-refractivity contribution is -0.115. The highest BCUT2D eigenvalue weighted by Gasteiger charge is 2.03. The summed E-state index contributed by atoms with van der Waals surface area (Å²) >= 11 is 6.06. The van der Waals surface area contributed by atoms with E-state index < -0.39 is 0 Å². The molecule has 4 nitrogen and oxygen atoms in total. The zero-order chi connectivity index (χ0) is 15.9. The predicted octanol–water partition coefficient (Wildman–Crippen LogP) is 4.10. The van der Waals surface area contributed by atoms with E-state index in [0.717, 1.165) is 22.7 Å². The van der Waals surface area contributed by atoms with Crippen LogP contribution in [0.5, 0.6) is 5.75 Å². The first-order chi connectivity index (χ1) is 10.6. The molecule has 2 aromatic carbocycles. The summed E-state index contributed by atoms with van der Waals surface area (Å²) in [5.41, 5.74) is 2.70. The Labute approximate surface area is 135 Å². The Morgan fingerprint density at radius 3 is 2.45 bits per heavy atom. The van der Waals surface area contributed by atoms with E-state index in [9.17, 15) is 4.79 Å². The fourth-order valence-corrected chi connectivity index (χ4v) is 2.10. The van der Waals surface area contributed by atoms with Crippen LogP contribution in [0.3, 0.4) is 0 Å². The molecule has 0 unspecified atom stereocenters. The molecule has 5 heteroatoms. The number of carbonyl (C=O) groups excluding carboxylic acids is 1. The van der Waals surface area contributed by atoms with Crippen molar-refractivity contribution in [3.63, 3.8) is 0 Å². The molecule has 0 bridgehead atoms. The largest absolute Gasteiger partial charge is 0.497 e. The molecule has 116 valence electrons. The summed E-state index contributed by atoms with van der Waals surface area (Å²) in [7, 11) is 1.61. The molecule has 0 aliphatic rings. The highest BCUT2D eigenvalue weighted by atomic mass is 35.5. The third-order valence-electron chi connectivity index (χ3n) is 3.23. The number of ether oxygens (including phenoxy) is 1. The minimum absolute atomic E-state index is 0.0455. The van der Waals surface area contributed by atoms with Crippen molar-refractivity contribution >= 4 is 28.9 Å². The van der Waals surface area contributed by atoms with E-state index in [4.69, 9.17) is 16.3 Å². The van der Waals surface area contributed by atoms with Crippen molar-refractivity contribution < 1.29 is 9.53 Å². The van der Waals surface area contributed by atoms with E-state index in [2.05, 4.69) is 10.6 Å². The van der Waals surface area contributed by atoms with Gasteiger partial charge in [0.15, 0.2) is 0 Å². The molecule has 1 amide bonds. The fraction of sp³-hybridized carbons (Fsp3) is 0.235. The molecule has 2 N–H and O–H groups in total. The molecule has 0 saturated heterocycles. The summed E-state index contributed by atoms with van der Waals surface area (Å²) in [6, 6.07) is 13.0. The lowest BCUT2D eigenvalue weighted by Gasteiger charge is -2.09. The van der Waals surface area contributed by atoms with Crippen LogP contribution < -0.4 is 15.4 Å². The van der Waals surface area contributed by atoms with Gasteiger partial charge in [-0.25, -0.2) is 0 Å². The van der Waals surface area contributed by atoms with Crippen LogP contribution in [0.4, 0.5) is 11.4 Å². The van der Waals surface area contributed by atoms with Crippen LogP contribution in [0, 0.1) is 6.92 Å². The van der Waals surface area contributed by atoms with Crippen molar-refractivity contribution in [1.29, 1.82) is 0 Å². The zero-order valence-electron chi connectivity index (χ0n) is 12.7. The first-order valence-electron chi connectivity index (χ1n) is 7.02. The van der Waals surface area contributed by atoms with E-state index in [0.29, 0.717) is 18.0 Å². The van der Waals surface area contributed by atoms with Crippen molar-refractivity contribution in [2.24, 2.45) is 0 Å². The average molecular weight is 319 g/mol. The standard InChI is InChI=1S/C17H19ClN2O2/c1-12-3-4-14(11-16(12)18)19-10-9-17(21)20-13-5-7-15(22-2)8-6-13/h3-8,11,19H,9-10H2,1-2H3,(H,20,21). The molecule has 2 aromatic rings. The third-order valence-corrected chi connectivity index (χ3v) is 3.63. The molecule has 2 rings (SSSR count). The van der Waals surface area contributed by atoms with Gasteiger partial charge in [-0.15, -0.1) is 0 Å². The van der Waals surface area contributed by atoms with Gasteiger partial charge in [-0.2, -0.15) is 0 Å². The summed E-state index contributed by atoms with van der Waals surface area (Å²) < 4.78 is 5.07. The van der Waals surface area contributed by atoms with Gasteiger partial charge < -0.3 is 15.4 Å². The number of anilines is 2. The van der Waals surface area contributed by atoms with E-state index in [1.54, 1.807) is 7.11 Å². The van der Waals surface area contributed by atoms with Crippen LogP contribution in [0.1, 0.15) is 12.0 Å². The van der Waals surface area contributed by atoms with Gasteiger partial charge in [-0.1, -0.05) is 17.7 Å². The van der Waals surface area contributed by atoms with Gasteiger partial charge in [-0.05, 0) is 48.9 Å². The SMILES string of the molecule is COc1ccc(NC(=O)CCNc2ccc(C)c(Cl)c2)cc1. The van der Waals surface area contributed by atoms with Gasteiger partial charge in [0.2, 0.25) is 5.91 Å². The number of methoxy groups -OCH3 is 1. The Hall–Kier alpha value is -2.20. The molecule has 0 heterocycles. The van der Waals surface area contributed by atoms with Crippen molar-refractivity contribution in [2.45, 2.75) is 13.3 Å². The van der Waals surface area contributed by atoms with Gasteiger partial charge in [-0.3, -0.25) is 4.79 Å². The number of hydrogen-bond donors (Lipinski definition) is 2. The molecule has 0 aromatic heterocycles. The van der Waals surface area contributed by atoms with E-state index in [1.165, 1.54) is 0 Å². The lowest BCUT2D eigenvalue weighted by Crippen LogP contribution is -2.16. The Bertz CT molecular complexity index is 642. The minimum Gasteiger partial charge on any atom is -0.497 e. The zero-order valence-corrected chi connectivity index (χ0v) is 13.4. The monoisotopic (exact) mass is 318 g/mol. The first-order valence-corrected chi connectivity index (χ1v) is 7.40. The van der Waals surface area contributed by atoms with Crippen LogP contribution in [0.15, 0.2) is 42.5 Å². The van der Waals surface area contributed by atoms with Crippen LogP contribution in [0.25, 0.3) is 0 Å². The second kappa shape index (κ2) is 7.71. The van der Waals surface area contributed by atoms with Gasteiger partial charge >= 0.3 is 0 Å². The van der Waals surface area contributed by atoms with Crippen molar-refractivity contribution in [2.75, 3.05) is 24.3 Å². The number of rotatable bonds is 6. The number of aryl methyl sites for hydroxylation is 1. The fourth-order valence-electron chi connectivity index (χ4n) is 1.92. The quantitative estimate of drug-likeness (QED) is 0.843. The molecule has 22 heavy (non-hydrogen) atoms. The summed E-state index contributed by atoms with van der Waals surface area (Å²) in [5, 5.41) is 6.74. The molecule has 0 atom stereocenters. The molecule has 0 saturated carbocycles. The Balaban J connectivity index is 1.78. The lowest BCUT2D eigenvalue weighted by atomic mass is 10.2. The Morgan fingerprint density at radius 1 is 1.14 bits per heavy atom. The van der Waals surface area contributed by atoms with Crippen molar-refractivity contribution in [1.82, 2.24) is 0 Å². The second-order valence-electron chi connectivity index (χ2n) is 4.92. The topological polar surface area (TPSA) is 50.4 Å². The first kappa shape index (κ1) is 16.2. The van der Waals surface area contributed by atoms with Crippen LogP contribution in [-0.2, 0) is 4.79 Å². The van der Waals surface area contributed by atoms with Gasteiger partial charge in [0.05, 0.1) is 7.11 Å². The van der Waals surface area contributed by atoms with E-state index in [1.807, 2.05) is 49.4 Å². The number of amides is 1. The Kier molecular flexibility index (Phi) is 5.67. The number of benzene rings is 2. The van der Waals surface area contributed by atoms with Crippen LogP contribution >= 0.6 is 11.6 Å². The normalized spacial score (nSPS) is 10.1. The maximum Gasteiger partial charge on any atom is 0.226 e. The van der Waals surface area contributed by atoms with E-state index >= 15 is 0 Å². The number of hydrogen-bond acceptors (Lipinski definition) is 3. The van der Waals surface area contributed by atoms with Crippen molar-refractivity contribution in [3.05, 3.63) is 53.1 Å². The number of nitrogens with one attached hydrogen (secondary N) is 2. The smallest absolute Gasteiger partial charge is 0.226 e. The van der Waals surface area contributed by atoms with Gasteiger partial charge in [0.25, 0.3) is 0 Å². The predicted molar refractivity (Wildman–Crippen MR) is 90.9 cm³/mol. The van der Waals surface area contributed by atoms with Crippen LogP contribution in [0.2, 0.25) is 5.02 Å². The summed E-state index contributed by atoms with van der Waals surface area (Å²) in [5.74, 6) is 0.715. The molecule has 0 radical (unpaired) electrons. The number of halogens is 1. The van der Waals surface area contributed by atoms with Crippen molar-refractivity contribution in [3.8, 4) is 5.75 Å². The summed E-state index contributed by atoms with van der Waals surface area (Å²) in [6.45, 7) is 2.50. The second-order valence-corrected chi connectivity index (χ2v) is 5.32. The van der Waals surface area contributed by atoms with E-state index in [-0.39, 0.29) is 5.91 Å². The Morgan fingerprint density at radius 2 is 1.82 bits per heavy atom. The summed E-state index contributed by atoms with van der Waals surface area (Å²) in [6.07, 6.45) is 0.373. The minimum atomic E-state index is -0.0455. The summed E-state index contributed by atoms with van der Waals surface area (Å²) in [4.78, 5) is 11.9. The molecular weight excluding hydrogens is 300 g/mol. The van der Waals surface area contributed by atoms with Gasteiger partial charge in [0, 0.05) is 29.4 Å². The maximum absolute atomic E-state index is 11.9. The molecule has 0 spiro atoms. The third kappa shape index (κ3) is 4.67. The van der Waals surface area contributed by atoms with Crippen LogP contribution in [-0.4, -0.2) is 19.6 Å². The molecule has 0 aliphatic heterocycles. The molecule has 0 aliphatic carbocycles. The average Bonchev–Trinajstić information content (AvgIpc) is 2.51. The van der Waals surface area contributed by atoms with Gasteiger partial charge in [0.1, 0.15) is 5.75 Å². The maximum atomic E-state index is 11.9. The number of carbonyl (C=O) groups is 1. The molecular formula is C17H19ClN2O2. The highest BCUT2D eigenvalue weighted by molar-refractivity contribution is 6.31. The highest BCUT2D eigenvalue weighted by Crippen LogP contribution is 2.20. The molecule has 0 fully saturated rings.